The molecule has 0 bridgehead atoms. The second kappa shape index (κ2) is 6.72. The number of carbonyl (C=O) groups excluding carboxylic acids is 1. The van der Waals surface area contributed by atoms with E-state index in [-0.39, 0.29) is 11.8 Å². The van der Waals surface area contributed by atoms with Gasteiger partial charge in [-0.05, 0) is 44.6 Å². The van der Waals surface area contributed by atoms with Crippen molar-refractivity contribution in [3.63, 3.8) is 0 Å². The van der Waals surface area contributed by atoms with Crippen molar-refractivity contribution in [2.24, 2.45) is 5.41 Å². The number of ether oxygens (including phenoxy) is 1. The maximum atomic E-state index is 13.0. The van der Waals surface area contributed by atoms with Crippen molar-refractivity contribution in [3.05, 3.63) is 18.3 Å². The van der Waals surface area contributed by atoms with Gasteiger partial charge in [-0.15, -0.1) is 0 Å². The number of nitrogens with zero attached hydrogens (tertiary/aromatic N) is 2. The van der Waals surface area contributed by atoms with E-state index in [0.29, 0.717) is 44.3 Å². The van der Waals surface area contributed by atoms with Crippen LogP contribution < -0.4 is 9.64 Å². The molecule has 0 unspecified atom stereocenters. The van der Waals surface area contributed by atoms with Crippen molar-refractivity contribution < 1.29 is 27.8 Å². The lowest BCUT2D eigenvalue weighted by molar-refractivity contribution is -0.154. The van der Waals surface area contributed by atoms with Gasteiger partial charge in [0.1, 0.15) is 0 Å². The highest BCUT2D eigenvalue weighted by Crippen LogP contribution is 2.49. The number of amides is 1. The van der Waals surface area contributed by atoms with Gasteiger partial charge in [-0.1, -0.05) is 6.92 Å². The van der Waals surface area contributed by atoms with Crippen LogP contribution in [0.3, 0.4) is 0 Å². The van der Waals surface area contributed by atoms with Gasteiger partial charge in [-0.3, -0.25) is 4.79 Å². The highest BCUT2D eigenvalue weighted by molar-refractivity contribution is 5.99. The lowest BCUT2D eigenvalue weighted by Gasteiger charge is -2.40. The quantitative estimate of drug-likeness (QED) is 0.879. The Morgan fingerprint density at radius 3 is 2.46 bits per heavy atom. The van der Waals surface area contributed by atoms with Gasteiger partial charge in [0.2, 0.25) is 11.8 Å². The fourth-order valence-corrected chi connectivity index (χ4v) is 3.85. The third-order valence-electron chi connectivity index (χ3n) is 5.72. The van der Waals surface area contributed by atoms with Crippen LogP contribution in [-0.4, -0.2) is 40.9 Å². The van der Waals surface area contributed by atoms with Crippen LogP contribution in [0.5, 0.6) is 5.88 Å². The number of carbonyl (C=O) groups is 1. The number of alkyl halides is 3. The van der Waals surface area contributed by atoms with Crippen LogP contribution >= 0.6 is 0 Å². The molecule has 1 N–H and O–H groups in total. The molecule has 0 aromatic carbocycles. The number of rotatable bonds is 4. The average molecular weight is 372 g/mol. The number of halogens is 3. The molecule has 1 aliphatic carbocycles. The van der Waals surface area contributed by atoms with Crippen LogP contribution in [-0.2, 0) is 4.79 Å². The molecule has 144 valence electrons. The van der Waals surface area contributed by atoms with Gasteiger partial charge in [0, 0.05) is 12.6 Å². The molecular formula is C18H23F3N2O3. The predicted octanol–water partition coefficient (Wildman–Crippen LogP) is 3.46. The minimum Gasteiger partial charge on any atom is -0.468 e. The normalized spacial score (nSPS) is 29.4. The standard InChI is InChI=1S/C18H23F3N2O3/c1-2-17(25)7-5-16(6-8-17)9-10-23(15(16)24)13-3-4-14(22-11-13)26-12-18(19,20)21/h3-4,11,25H,2,5-10,12H2,1H3/t16-,17-. The first kappa shape index (κ1) is 18.9. The first-order valence-electron chi connectivity index (χ1n) is 8.86. The van der Waals surface area contributed by atoms with Gasteiger partial charge in [-0.2, -0.15) is 13.2 Å². The molecule has 26 heavy (non-hydrogen) atoms. The summed E-state index contributed by atoms with van der Waals surface area (Å²) in [6.45, 7) is 1.11. The molecule has 8 heteroatoms. The van der Waals surface area contributed by atoms with E-state index in [9.17, 15) is 23.1 Å². The summed E-state index contributed by atoms with van der Waals surface area (Å²) < 4.78 is 41.1. The Morgan fingerprint density at radius 2 is 1.92 bits per heavy atom. The van der Waals surface area contributed by atoms with E-state index in [1.54, 1.807) is 11.0 Å². The molecular weight excluding hydrogens is 349 g/mol. The summed E-state index contributed by atoms with van der Waals surface area (Å²) in [5.41, 5.74) is -0.548. The first-order valence-corrected chi connectivity index (χ1v) is 8.86. The second-order valence-corrected chi connectivity index (χ2v) is 7.32. The second-order valence-electron chi connectivity index (χ2n) is 7.32. The van der Waals surface area contributed by atoms with Crippen LogP contribution in [0.2, 0.25) is 0 Å². The smallest absolute Gasteiger partial charge is 0.422 e. The lowest BCUT2D eigenvalue weighted by Crippen LogP contribution is -2.43. The van der Waals surface area contributed by atoms with Gasteiger partial charge in [0.15, 0.2) is 6.61 Å². The Balaban J connectivity index is 1.65. The maximum absolute atomic E-state index is 13.0. The number of anilines is 1. The number of hydrogen-bond donors (Lipinski definition) is 1. The molecule has 1 spiro atoms. The maximum Gasteiger partial charge on any atom is 0.422 e. The van der Waals surface area contributed by atoms with Gasteiger partial charge < -0.3 is 14.7 Å². The molecule has 1 aromatic rings. The summed E-state index contributed by atoms with van der Waals surface area (Å²) in [5, 5.41) is 10.4. The topological polar surface area (TPSA) is 62.7 Å². The van der Waals surface area contributed by atoms with Crippen LogP contribution in [0.4, 0.5) is 18.9 Å². The Morgan fingerprint density at radius 1 is 1.23 bits per heavy atom. The summed E-state index contributed by atoms with van der Waals surface area (Å²) in [6.07, 6.45) is 0.909. The summed E-state index contributed by atoms with van der Waals surface area (Å²) in [5.74, 6) is -0.112. The number of hydrogen-bond acceptors (Lipinski definition) is 4. The highest BCUT2D eigenvalue weighted by Gasteiger charge is 2.51. The summed E-state index contributed by atoms with van der Waals surface area (Å²) in [6, 6.07) is 2.90. The van der Waals surface area contributed by atoms with Gasteiger partial charge in [-0.25, -0.2) is 4.98 Å². The Bertz CT molecular complexity index is 653. The molecule has 2 fully saturated rings. The molecule has 1 saturated heterocycles. The zero-order chi connectivity index (χ0) is 19.0. The van der Waals surface area contributed by atoms with Crippen molar-refractivity contribution in [1.29, 1.82) is 0 Å². The van der Waals surface area contributed by atoms with E-state index in [1.165, 1.54) is 12.3 Å². The van der Waals surface area contributed by atoms with E-state index in [1.807, 2.05) is 6.92 Å². The molecule has 5 nitrogen and oxygen atoms in total. The molecule has 1 saturated carbocycles. The third kappa shape index (κ3) is 3.79. The number of aliphatic hydroxyl groups is 1. The average Bonchev–Trinajstić information content (AvgIpc) is 2.93. The van der Waals surface area contributed by atoms with Crippen molar-refractivity contribution >= 4 is 11.6 Å². The van der Waals surface area contributed by atoms with Crippen LogP contribution in [0.25, 0.3) is 0 Å². The zero-order valence-electron chi connectivity index (χ0n) is 14.7. The lowest BCUT2D eigenvalue weighted by atomic mass is 9.67. The fraction of sp³-hybridized carbons (Fsp3) is 0.667. The zero-order valence-corrected chi connectivity index (χ0v) is 14.7. The molecule has 1 amide bonds. The van der Waals surface area contributed by atoms with Crippen molar-refractivity contribution in [3.8, 4) is 5.88 Å². The van der Waals surface area contributed by atoms with E-state index < -0.39 is 23.8 Å². The fourth-order valence-electron chi connectivity index (χ4n) is 3.85. The molecule has 3 rings (SSSR count). The van der Waals surface area contributed by atoms with Gasteiger partial charge in [0.25, 0.3) is 0 Å². The molecule has 1 aromatic heterocycles. The van der Waals surface area contributed by atoms with E-state index >= 15 is 0 Å². The summed E-state index contributed by atoms with van der Waals surface area (Å²) in [4.78, 5) is 18.5. The SMILES string of the molecule is CC[C@]1(O)CC[C@@]2(CCN(c3ccc(OCC(F)(F)F)nc3)C2=O)CC1. The van der Waals surface area contributed by atoms with E-state index in [2.05, 4.69) is 9.72 Å². The van der Waals surface area contributed by atoms with Crippen LogP contribution in [0, 0.1) is 5.41 Å². The largest absolute Gasteiger partial charge is 0.468 e. The van der Waals surface area contributed by atoms with Crippen molar-refractivity contribution in [2.45, 2.75) is 57.2 Å². The Kier molecular flexibility index (Phi) is 4.90. The molecule has 2 aliphatic rings. The number of pyridine rings is 1. The monoisotopic (exact) mass is 372 g/mol. The minimum atomic E-state index is -4.42. The van der Waals surface area contributed by atoms with E-state index in [0.717, 1.165) is 6.42 Å². The van der Waals surface area contributed by atoms with Gasteiger partial charge in [0.05, 0.1) is 22.9 Å². The Labute approximate surface area is 150 Å². The summed E-state index contributed by atoms with van der Waals surface area (Å²) in [7, 11) is 0. The molecule has 0 radical (unpaired) electrons. The third-order valence-corrected chi connectivity index (χ3v) is 5.72. The summed E-state index contributed by atoms with van der Waals surface area (Å²) >= 11 is 0. The highest BCUT2D eigenvalue weighted by atomic mass is 19.4. The van der Waals surface area contributed by atoms with Gasteiger partial charge >= 0.3 is 6.18 Å². The Hall–Kier alpha value is -1.83. The number of aromatic nitrogens is 1. The van der Waals surface area contributed by atoms with Crippen molar-refractivity contribution in [1.82, 2.24) is 4.98 Å². The predicted molar refractivity (Wildman–Crippen MR) is 88.9 cm³/mol. The minimum absolute atomic E-state index is 0.0152. The van der Waals surface area contributed by atoms with E-state index in [4.69, 9.17) is 0 Å². The van der Waals surface area contributed by atoms with Crippen LogP contribution in [0.15, 0.2) is 18.3 Å². The molecule has 0 atom stereocenters. The van der Waals surface area contributed by atoms with Crippen molar-refractivity contribution in [2.75, 3.05) is 18.1 Å². The molecule has 1 aliphatic heterocycles. The first-order chi connectivity index (χ1) is 12.2. The van der Waals surface area contributed by atoms with Crippen LogP contribution in [0.1, 0.15) is 45.4 Å². The molecule has 2 heterocycles.